The fraction of sp³-hybridized carbons (Fsp3) is 0.846. The van der Waals surface area contributed by atoms with Crippen LogP contribution in [0.25, 0.3) is 0 Å². The third-order valence-corrected chi connectivity index (χ3v) is 5.85. The van der Waals surface area contributed by atoms with E-state index in [2.05, 4.69) is 46.5 Å². The average Bonchev–Trinajstić information content (AvgIpc) is 1.99. The maximum Gasteiger partial charge on any atom is 0.0753 e. The summed E-state index contributed by atoms with van der Waals surface area (Å²) in [5, 5.41) is 11.6. The SMILES string of the molecule is CC(C)(C)[C@H]1CC=C([Si](C)(C)C)[C@@H](O)C1. The summed E-state index contributed by atoms with van der Waals surface area (Å²) < 4.78 is 0. The van der Waals surface area contributed by atoms with Gasteiger partial charge in [0.2, 0.25) is 0 Å². The van der Waals surface area contributed by atoms with E-state index in [0.717, 1.165) is 12.8 Å². The van der Waals surface area contributed by atoms with Gasteiger partial charge in [-0.25, -0.2) is 0 Å². The van der Waals surface area contributed by atoms with Gasteiger partial charge in [-0.05, 0) is 24.2 Å². The molecule has 0 spiro atoms. The smallest absolute Gasteiger partial charge is 0.0753 e. The second kappa shape index (κ2) is 4.06. The Kier molecular flexibility index (Phi) is 3.51. The molecule has 0 unspecified atom stereocenters. The standard InChI is InChI=1S/C13H26OSi/c1-13(2,3)10-7-8-12(11(14)9-10)15(4,5)6/h8,10-11,14H,7,9H2,1-6H3/t10-,11-/m0/s1. The monoisotopic (exact) mass is 226 g/mol. The lowest BCUT2D eigenvalue weighted by Crippen LogP contribution is -2.38. The summed E-state index contributed by atoms with van der Waals surface area (Å²) in [7, 11) is -1.30. The van der Waals surface area contributed by atoms with Crippen LogP contribution in [-0.4, -0.2) is 19.3 Å². The van der Waals surface area contributed by atoms with Crippen LogP contribution in [0.2, 0.25) is 19.6 Å². The first kappa shape index (κ1) is 13.0. The number of hydrogen-bond acceptors (Lipinski definition) is 1. The molecular formula is C13H26OSi. The lowest BCUT2D eigenvalue weighted by Gasteiger charge is -2.38. The fourth-order valence-electron chi connectivity index (χ4n) is 2.41. The van der Waals surface area contributed by atoms with Crippen LogP contribution in [0.1, 0.15) is 33.6 Å². The summed E-state index contributed by atoms with van der Waals surface area (Å²) in [6.45, 7) is 13.8. The van der Waals surface area contributed by atoms with Gasteiger partial charge >= 0.3 is 0 Å². The van der Waals surface area contributed by atoms with E-state index in [0.29, 0.717) is 11.3 Å². The molecule has 0 aliphatic heterocycles. The Labute approximate surface area is 95.6 Å². The molecule has 0 aromatic rings. The van der Waals surface area contributed by atoms with E-state index in [1.54, 1.807) is 0 Å². The van der Waals surface area contributed by atoms with E-state index >= 15 is 0 Å². The minimum atomic E-state index is -1.30. The zero-order chi connectivity index (χ0) is 11.9. The highest BCUT2D eigenvalue weighted by Gasteiger charge is 2.34. The molecule has 0 aromatic carbocycles. The van der Waals surface area contributed by atoms with Gasteiger partial charge in [0.15, 0.2) is 0 Å². The molecule has 2 atom stereocenters. The molecule has 0 fully saturated rings. The van der Waals surface area contributed by atoms with Crippen molar-refractivity contribution < 1.29 is 5.11 Å². The van der Waals surface area contributed by atoms with Crippen molar-refractivity contribution in [1.82, 2.24) is 0 Å². The first-order valence-corrected chi connectivity index (χ1v) is 9.51. The Morgan fingerprint density at radius 1 is 1.27 bits per heavy atom. The highest BCUT2D eigenvalue weighted by molar-refractivity contribution is 6.83. The van der Waals surface area contributed by atoms with Gasteiger partial charge in [-0.2, -0.15) is 0 Å². The van der Waals surface area contributed by atoms with Crippen LogP contribution in [0.5, 0.6) is 0 Å². The second-order valence-electron chi connectivity index (χ2n) is 6.96. The minimum Gasteiger partial charge on any atom is -0.389 e. The predicted molar refractivity (Wildman–Crippen MR) is 69.6 cm³/mol. The zero-order valence-electron chi connectivity index (χ0n) is 11.1. The molecule has 88 valence electrons. The van der Waals surface area contributed by atoms with Gasteiger partial charge in [-0.1, -0.05) is 51.7 Å². The van der Waals surface area contributed by atoms with E-state index in [1.807, 2.05) is 0 Å². The zero-order valence-corrected chi connectivity index (χ0v) is 12.1. The van der Waals surface area contributed by atoms with Gasteiger partial charge in [-0.15, -0.1) is 0 Å². The predicted octanol–water partition coefficient (Wildman–Crippen LogP) is 3.61. The molecule has 1 N–H and O–H groups in total. The number of rotatable bonds is 1. The Hall–Kier alpha value is -0.0831. The number of aliphatic hydroxyl groups excluding tert-OH is 1. The molecule has 1 rings (SSSR count). The van der Waals surface area contributed by atoms with E-state index in [1.165, 1.54) is 5.20 Å². The van der Waals surface area contributed by atoms with Gasteiger partial charge in [0.25, 0.3) is 0 Å². The van der Waals surface area contributed by atoms with E-state index in [4.69, 9.17) is 0 Å². The lowest BCUT2D eigenvalue weighted by atomic mass is 9.74. The van der Waals surface area contributed by atoms with E-state index in [-0.39, 0.29) is 6.10 Å². The van der Waals surface area contributed by atoms with Crippen LogP contribution in [0.3, 0.4) is 0 Å². The summed E-state index contributed by atoms with van der Waals surface area (Å²) in [5.74, 6) is 0.632. The van der Waals surface area contributed by atoms with E-state index in [9.17, 15) is 5.11 Å². The average molecular weight is 226 g/mol. The van der Waals surface area contributed by atoms with Crippen molar-refractivity contribution in [1.29, 1.82) is 0 Å². The first-order valence-electron chi connectivity index (χ1n) is 6.01. The topological polar surface area (TPSA) is 20.2 Å². The highest BCUT2D eigenvalue weighted by atomic mass is 28.3. The molecule has 1 aliphatic rings. The molecule has 0 saturated heterocycles. The van der Waals surface area contributed by atoms with Gasteiger partial charge in [0.1, 0.15) is 0 Å². The summed E-state index contributed by atoms with van der Waals surface area (Å²) in [4.78, 5) is 0. The molecule has 15 heavy (non-hydrogen) atoms. The van der Waals surface area contributed by atoms with Crippen LogP contribution < -0.4 is 0 Å². The van der Waals surface area contributed by atoms with Crippen LogP contribution in [0.4, 0.5) is 0 Å². The van der Waals surface area contributed by atoms with Crippen molar-refractivity contribution in [3.8, 4) is 0 Å². The van der Waals surface area contributed by atoms with Crippen molar-refractivity contribution in [2.75, 3.05) is 0 Å². The molecular weight excluding hydrogens is 200 g/mol. The Bertz CT molecular complexity index is 255. The molecule has 0 radical (unpaired) electrons. The largest absolute Gasteiger partial charge is 0.389 e. The van der Waals surface area contributed by atoms with Crippen molar-refractivity contribution >= 4 is 8.07 Å². The molecule has 1 aliphatic carbocycles. The maximum absolute atomic E-state index is 10.2. The minimum absolute atomic E-state index is 0.172. The lowest BCUT2D eigenvalue weighted by molar-refractivity contribution is 0.120. The fourth-order valence-corrected chi connectivity index (χ4v) is 4.26. The number of aliphatic hydroxyl groups is 1. The summed E-state index contributed by atoms with van der Waals surface area (Å²) in [6.07, 6.45) is 4.27. The maximum atomic E-state index is 10.2. The van der Waals surface area contributed by atoms with Crippen LogP contribution >= 0.6 is 0 Å². The van der Waals surface area contributed by atoms with Crippen LogP contribution in [0.15, 0.2) is 11.3 Å². The second-order valence-corrected chi connectivity index (χ2v) is 12.0. The van der Waals surface area contributed by atoms with Crippen LogP contribution in [0, 0.1) is 11.3 Å². The van der Waals surface area contributed by atoms with Gasteiger partial charge in [0, 0.05) is 0 Å². The van der Waals surface area contributed by atoms with Crippen molar-refractivity contribution in [2.24, 2.45) is 11.3 Å². The summed E-state index contributed by atoms with van der Waals surface area (Å²) in [6, 6.07) is 0. The third kappa shape index (κ3) is 3.18. The Morgan fingerprint density at radius 2 is 1.80 bits per heavy atom. The molecule has 1 nitrogen and oxygen atoms in total. The quantitative estimate of drug-likeness (QED) is 0.677. The van der Waals surface area contributed by atoms with Gasteiger partial charge < -0.3 is 5.11 Å². The van der Waals surface area contributed by atoms with Gasteiger partial charge in [-0.3, -0.25) is 0 Å². The first-order chi connectivity index (χ1) is 6.62. The van der Waals surface area contributed by atoms with E-state index < -0.39 is 8.07 Å². The Balaban J connectivity index is 2.81. The molecule has 0 heterocycles. The Morgan fingerprint density at radius 3 is 2.13 bits per heavy atom. The van der Waals surface area contributed by atoms with Crippen molar-refractivity contribution in [2.45, 2.75) is 59.4 Å². The normalized spacial score (nSPS) is 28.9. The summed E-state index contributed by atoms with van der Waals surface area (Å²) in [5.41, 5.74) is 0.322. The molecule has 0 amide bonds. The third-order valence-electron chi connectivity index (χ3n) is 3.58. The number of hydrogen-bond donors (Lipinski definition) is 1. The van der Waals surface area contributed by atoms with Crippen LogP contribution in [-0.2, 0) is 0 Å². The summed E-state index contributed by atoms with van der Waals surface area (Å²) >= 11 is 0. The molecule has 0 bridgehead atoms. The molecule has 0 saturated carbocycles. The highest BCUT2D eigenvalue weighted by Crippen LogP contribution is 2.39. The van der Waals surface area contributed by atoms with Crippen molar-refractivity contribution in [3.63, 3.8) is 0 Å². The van der Waals surface area contributed by atoms with Crippen molar-refractivity contribution in [3.05, 3.63) is 11.3 Å². The molecule has 2 heteroatoms. The number of allylic oxidation sites excluding steroid dienone is 1. The van der Waals surface area contributed by atoms with Gasteiger partial charge in [0.05, 0.1) is 14.2 Å². The molecule has 0 aromatic heterocycles.